The molecule has 0 fully saturated rings. The van der Waals surface area contributed by atoms with E-state index in [1.165, 1.54) is 18.3 Å². The van der Waals surface area contributed by atoms with Crippen LogP contribution in [0.4, 0.5) is 5.69 Å². The predicted molar refractivity (Wildman–Crippen MR) is 78.3 cm³/mol. The zero-order chi connectivity index (χ0) is 15.2. The minimum Gasteiger partial charge on any atom is -0.488 e. The van der Waals surface area contributed by atoms with Crippen molar-refractivity contribution in [1.29, 1.82) is 0 Å². The highest BCUT2D eigenvalue weighted by Gasteiger charge is 2.06. The van der Waals surface area contributed by atoms with Crippen LogP contribution in [0.3, 0.4) is 0 Å². The van der Waals surface area contributed by atoms with Gasteiger partial charge in [-0.2, -0.15) is 0 Å². The average molecular weight is 307 g/mol. The van der Waals surface area contributed by atoms with Crippen molar-refractivity contribution in [2.24, 2.45) is 5.16 Å². The number of nitro groups is 1. The van der Waals surface area contributed by atoms with E-state index in [0.29, 0.717) is 16.3 Å². The second kappa shape index (κ2) is 6.71. The van der Waals surface area contributed by atoms with Gasteiger partial charge in [0.05, 0.1) is 11.1 Å². The number of rotatable bonds is 5. The smallest absolute Gasteiger partial charge is 0.269 e. The number of oxime groups is 1. The summed E-state index contributed by atoms with van der Waals surface area (Å²) in [6, 6.07) is 11.0. The van der Waals surface area contributed by atoms with E-state index in [0.717, 1.165) is 5.56 Å². The Labute approximate surface area is 125 Å². The monoisotopic (exact) mass is 306 g/mol. The van der Waals surface area contributed by atoms with Crippen LogP contribution < -0.4 is 4.74 Å². The lowest BCUT2D eigenvalue weighted by molar-refractivity contribution is -0.384. The lowest BCUT2D eigenvalue weighted by atomic mass is 10.2. The molecule has 2 aromatic carbocycles. The summed E-state index contributed by atoms with van der Waals surface area (Å²) in [7, 11) is 0. The minimum absolute atomic E-state index is 0.0262. The first-order chi connectivity index (χ1) is 10.1. The van der Waals surface area contributed by atoms with Crippen LogP contribution in [0, 0.1) is 10.1 Å². The Kier molecular flexibility index (Phi) is 4.73. The maximum absolute atomic E-state index is 10.6. The largest absolute Gasteiger partial charge is 0.488 e. The Morgan fingerprint density at radius 3 is 2.62 bits per heavy atom. The van der Waals surface area contributed by atoms with Crippen LogP contribution >= 0.6 is 11.6 Å². The van der Waals surface area contributed by atoms with Crippen molar-refractivity contribution in [3.63, 3.8) is 0 Å². The maximum atomic E-state index is 10.6. The van der Waals surface area contributed by atoms with Gasteiger partial charge < -0.3 is 9.94 Å². The third-order valence-electron chi connectivity index (χ3n) is 2.71. The Hall–Kier alpha value is -2.60. The van der Waals surface area contributed by atoms with Gasteiger partial charge >= 0.3 is 0 Å². The molecule has 0 saturated heterocycles. The molecule has 1 N–H and O–H groups in total. The van der Waals surface area contributed by atoms with E-state index in [9.17, 15) is 10.1 Å². The molecule has 0 radical (unpaired) electrons. The highest BCUT2D eigenvalue weighted by molar-refractivity contribution is 6.30. The van der Waals surface area contributed by atoms with E-state index in [1.807, 2.05) is 0 Å². The molecular weight excluding hydrogens is 296 g/mol. The third-order valence-corrected chi connectivity index (χ3v) is 2.95. The molecule has 0 aliphatic carbocycles. The zero-order valence-electron chi connectivity index (χ0n) is 10.8. The third kappa shape index (κ3) is 3.93. The number of ether oxygens (including phenoxy) is 1. The van der Waals surface area contributed by atoms with Gasteiger partial charge in [-0.15, -0.1) is 0 Å². The van der Waals surface area contributed by atoms with Crippen LogP contribution in [0.2, 0.25) is 5.02 Å². The summed E-state index contributed by atoms with van der Waals surface area (Å²) in [5.74, 6) is 0.496. The Morgan fingerprint density at radius 2 is 2.00 bits per heavy atom. The molecule has 0 aromatic heterocycles. The first-order valence-electron chi connectivity index (χ1n) is 5.93. The fourth-order valence-corrected chi connectivity index (χ4v) is 1.87. The van der Waals surface area contributed by atoms with Crippen molar-refractivity contribution >= 4 is 23.5 Å². The first-order valence-corrected chi connectivity index (χ1v) is 6.31. The van der Waals surface area contributed by atoms with Gasteiger partial charge in [0.15, 0.2) is 0 Å². The van der Waals surface area contributed by atoms with E-state index < -0.39 is 4.92 Å². The molecule has 0 aliphatic rings. The second-order valence-electron chi connectivity index (χ2n) is 4.14. The quantitative estimate of drug-likeness (QED) is 0.395. The maximum Gasteiger partial charge on any atom is 0.269 e. The van der Waals surface area contributed by atoms with Gasteiger partial charge in [-0.05, 0) is 35.9 Å². The molecule has 0 heterocycles. The van der Waals surface area contributed by atoms with Crippen molar-refractivity contribution in [3.05, 3.63) is 68.7 Å². The van der Waals surface area contributed by atoms with E-state index in [2.05, 4.69) is 5.16 Å². The molecule has 21 heavy (non-hydrogen) atoms. The van der Waals surface area contributed by atoms with E-state index in [1.54, 1.807) is 30.3 Å². The Balaban J connectivity index is 2.10. The van der Waals surface area contributed by atoms with Gasteiger partial charge in [-0.25, -0.2) is 0 Å². The van der Waals surface area contributed by atoms with E-state index >= 15 is 0 Å². The molecule has 0 bridgehead atoms. The van der Waals surface area contributed by atoms with Crippen LogP contribution in [-0.2, 0) is 6.61 Å². The van der Waals surface area contributed by atoms with Crippen LogP contribution in [-0.4, -0.2) is 16.3 Å². The van der Waals surface area contributed by atoms with Crippen LogP contribution in [0.25, 0.3) is 0 Å². The summed E-state index contributed by atoms with van der Waals surface area (Å²) in [4.78, 5) is 10.1. The number of nitrogens with zero attached hydrogens (tertiary/aromatic N) is 2. The molecule has 7 heteroatoms. The second-order valence-corrected chi connectivity index (χ2v) is 4.58. The summed E-state index contributed by atoms with van der Waals surface area (Å²) >= 11 is 5.85. The number of benzene rings is 2. The predicted octanol–water partition coefficient (Wildman–Crippen LogP) is 3.64. The number of non-ortho nitro benzene ring substituents is 1. The normalized spacial score (nSPS) is 10.7. The first kappa shape index (κ1) is 14.8. The summed E-state index contributed by atoms with van der Waals surface area (Å²) in [6.45, 7) is 0.228. The minimum atomic E-state index is -0.459. The summed E-state index contributed by atoms with van der Waals surface area (Å²) in [6.07, 6.45) is 1.22. The van der Waals surface area contributed by atoms with Crippen molar-refractivity contribution in [3.8, 4) is 5.75 Å². The van der Waals surface area contributed by atoms with Crippen molar-refractivity contribution in [2.75, 3.05) is 0 Å². The van der Waals surface area contributed by atoms with Crippen molar-refractivity contribution in [1.82, 2.24) is 0 Å². The number of halogens is 1. The van der Waals surface area contributed by atoms with Gasteiger partial charge in [0, 0.05) is 22.7 Å². The highest BCUT2D eigenvalue weighted by atomic mass is 35.5. The van der Waals surface area contributed by atoms with Crippen LogP contribution in [0.15, 0.2) is 47.6 Å². The Morgan fingerprint density at radius 1 is 1.29 bits per heavy atom. The highest BCUT2D eigenvalue weighted by Crippen LogP contribution is 2.23. The number of hydrogen-bond acceptors (Lipinski definition) is 5. The number of nitro benzene ring substituents is 1. The van der Waals surface area contributed by atoms with Gasteiger partial charge in [0.1, 0.15) is 12.4 Å². The fraction of sp³-hybridized carbons (Fsp3) is 0.0714. The molecule has 108 valence electrons. The molecule has 0 amide bonds. The number of hydrogen-bond donors (Lipinski definition) is 1. The Bertz CT molecular complexity index is 671. The summed E-state index contributed by atoms with van der Waals surface area (Å²) in [5, 5.41) is 22.6. The standard InChI is InChI=1S/C14H11ClN2O4/c15-12-3-6-14(11(7-12)8-16-18)21-9-10-1-4-13(5-2-10)17(19)20/h1-8,18H,9H2. The molecule has 6 nitrogen and oxygen atoms in total. The molecule has 0 saturated carbocycles. The molecule has 2 rings (SSSR count). The molecule has 0 atom stereocenters. The molecule has 0 aliphatic heterocycles. The lowest BCUT2D eigenvalue weighted by Gasteiger charge is -2.09. The zero-order valence-corrected chi connectivity index (χ0v) is 11.5. The van der Waals surface area contributed by atoms with Crippen LogP contribution in [0.1, 0.15) is 11.1 Å². The van der Waals surface area contributed by atoms with Gasteiger partial charge in [0.2, 0.25) is 0 Å². The summed E-state index contributed by atoms with van der Waals surface area (Å²) in [5.41, 5.74) is 1.34. The molecule has 2 aromatic rings. The summed E-state index contributed by atoms with van der Waals surface area (Å²) < 4.78 is 5.60. The van der Waals surface area contributed by atoms with Gasteiger partial charge in [0.25, 0.3) is 5.69 Å². The molecule has 0 spiro atoms. The van der Waals surface area contributed by atoms with E-state index in [-0.39, 0.29) is 12.3 Å². The fourth-order valence-electron chi connectivity index (χ4n) is 1.69. The van der Waals surface area contributed by atoms with Crippen LogP contribution in [0.5, 0.6) is 5.75 Å². The van der Waals surface area contributed by atoms with E-state index in [4.69, 9.17) is 21.5 Å². The van der Waals surface area contributed by atoms with Gasteiger partial charge in [-0.3, -0.25) is 10.1 Å². The molecule has 0 unspecified atom stereocenters. The topological polar surface area (TPSA) is 85.0 Å². The average Bonchev–Trinajstić information content (AvgIpc) is 2.47. The van der Waals surface area contributed by atoms with Crippen molar-refractivity contribution in [2.45, 2.75) is 6.61 Å². The molecular formula is C14H11ClN2O4. The van der Waals surface area contributed by atoms with Gasteiger partial charge in [-0.1, -0.05) is 16.8 Å². The SMILES string of the molecule is O=[N+]([O-])c1ccc(COc2ccc(Cl)cc2C=NO)cc1. The van der Waals surface area contributed by atoms with Crippen molar-refractivity contribution < 1.29 is 14.9 Å². The lowest BCUT2D eigenvalue weighted by Crippen LogP contribution is -1.99.